The quantitative estimate of drug-likeness (QED) is 0.345. The molecule has 1 fully saturated rings. The highest BCUT2D eigenvalue weighted by molar-refractivity contribution is 7.22. The van der Waals surface area contributed by atoms with Crippen LogP contribution in [0.5, 0.6) is 5.75 Å². The molecule has 9 heteroatoms. The van der Waals surface area contributed by atoms with E-state index in [-0.39, 0.29) is 5.91 Å². The average molecular weight is 494 g/mol. The lowest BCUT2D eigenvalue weighted by Crippen LogP contribution is -2.29. The first-order valence-electron chi connectivity index (χ1n) is 11.2. The van der Waals surface area contributed by atoms with Crippen LogP contribution in [0.4, 0.5) is 10.8 Å². The Labute approximate surface area is 206 Å². The first kappa shape index (κ1) is 22.6. The third-order valence-corrected chi connectivity index (χ3v) is 7.08. The predicted molar refractivity (Wildman–Crippen MR) is 137 cm³/mol. The van der Waals surface area contributed by atoms with E-state index in [0.717, 1.165) is 29.0 Å². The van der Waals surface area contributed by atoms with E-state index in [1.54, 1.807) is 25.6 Å². The predicted octanol–water partition coefficient (Wildman–Crippen LogP) is 5.97. The lowest BCUT2D eigenvalue weighted by atomic mass is 10.0. The number of nitrogens with one attached hydrogen (secondary N) is 1. The van der Waals surface area contributed by atoms with E-state index in [2.05, 4.69) is 37.3 Å². The molecule has 0 spiro atoms. The topological polar surface area (TPSA) is 80.2 Å². The Balaban J connectivity index is 1.45. The molecule has 1 saturated heterocycles. The van der Waals surface area contributed by atoms with Crippen LogP contribution in [0.1, 0.15) is 35.3 Å². The number of anilines is 2. The van der Waals surface area contributed by atoms with Crippen molar-refractivity contribution in [2.75, 3.05) is 30.4 Å². The van der Waals surface area contributed by atoms with Crippen molar-refractivity contribution in [3.63, 3.8) is 0 Å². The number of nitrogens with zero attached hydrogens (tertiary/aromatic N) is 4. The molecule has 0 unspecified atom stereocenters. The smallest absolute Gasteiger partial charge is 0.259 e. The summed E-state index contributed by atoms with van der Waals surface area (Å²) >= 11 is 7.61. The molecule has 5 rings (SSSR count). The fourth-order valence-corrected chi connectivity index (χ4v) is 5.29. The van der Waals surface area contributed by atoms with Gasteiger partial charge in [-0.1, -0.05) is 22.9 Å². The number of thiazole rings is 1. The number of carbonyl (C=O) groups excluding carboxylic acids is 1. The summed E-state index contributed by atoms with van der Waals surface area (Å²) in [4.78, 5) is 28.8. The third-order valence-electron chi connectivity index (χ3n) is 5.94. The Bertz CT molecular complexity index is 1370. The molecule has 1 aliphatic heterocycles. The number of piperidine rings is 1. The Morgan fingerprint density at radius 2 is 1.91 bits per heavy atom. The molecular weight excluding hydrogens is 470 g/mol. The van der Waals surface area contributed by atoms with Gasteiger partial charge in [-0.3, -0.25) is 15.1 Å². The first-order valence-corrected chi connectivity index (χ1v) is 12.3. The zero-order chi connectivity index (χ0) is 23.7. The number of benzene rings is 1. The summed E-state index contributed by atoms with van der Waals surface area (Å²) in [6.45, 7) is 4.03. The molecule has 4 heterocycles. The number of aryl methyl sites for hydroxylation is 1. The summed E-state index contributed by atoms with van der Waals surface area (Å²) in [6, 6.07) is 9.82. The number of hydrogen-bond acceptors (Lipinski definition) is 7. The minimum absolute atomic E-state index is 0.298. The molecule has 0 bridgehead atoms. The minimum Gasteiger partial charge on any atom is -0.494 e. The highest BCUT2D eigenvalue weighted by atomic mass is 35.5. The van der Waals surface area contributed by atoms with Crippen molar-refractivity contribution < 1.29 is 9.53 Å². The summed E-state index contributed by atoms with van der Waals surface area (Å²) in [5, 5.41) is 3.81. The standard InChI is InChI=1S/C25H24ClN5O2S/c1-15-10-17(18-12-23(26)28-14-21(18)33-2)19(13-27-15)24(32)30-25-29-20-7-6-16(11-22(20)34-25)31-8-4-3-5-9-31/h6-7,10-14H,3-5,8-9H2,1-2H3,(H,29,30,32). The second-order valence-corrected chi connectivity index (χ2v) is 9.67. The van der Waals surface area contributed by atoms with Crippen LogP contribution in [0.25, 0.3) is 21.3 Å². The number of amides is 1. The summed E-state index contributed by atoms with van der Waals surface area (Å²) < 4.78 is 6.51. The van der Waals surface area contributed by atoms with E-state index in [4.69, 9.17) is 16.3 Å². The number of ether oxygens (including phenoxy) is 1. The van der Waals surface area contributed by atoms with Crippen molar-refractivity contribution in [2.24, 2.45) is 0 Å². The van der Waals surface area contributed by atoms with Gasteiger partial charge in [0.1, 0.15) is 10.9 Å². The Morgan fingerprint density at radius 1 is 1.09 bits per heavy atom. The van der Waals surface area contributed by atoms with Gasteiger partial charge in [0, 0.05) is 41.8 Å². The van der Waals surface area contributed by atoms with Crippen LogP contribution in [0.2, 0.25) is 5.15 Å². The maximum absolute atomic E-state index is 13.3. The monoisotopic (exact) mass is 493 g/mol. The fraction of sp³-hybridized carbons (Fsp3) is 0.280. The van der Waals surface area contributed by atoms with E-state index in [1.165, 1.54) is 36.3 Å². The average Bonchev–Trinajstić information content (AvgIpc) is 3.25. The molecule has 1 N–H and O–H groups in total. The Morgan fingerprint density at radius 3 is 2.71 bits per heavy atom. The number of aromatic nitrogens is 3. The Hall–Kier alpha value is -3.23. The van der Waals surface area contributed by atoms with Crippen molar-refractivity contribution in [2.45, 2.75) is 26.2 Å². The third kappa shape index (κ3) is 4.56. The number of methoxy groups -OCH3 is 1. The van der Waals surface area contributed by atoms with E-state index in [0.29, 0.717) is 32.7 Å². The van der Waals surface area contributed by atoms with Gasteiger partial charge in [-0.15, -0.1) is 0 Å². The van der Waals surface area contributed by atoms with Crippen LogP contribution in [0.3, 0.4) is 0 Å². The van der Waals surface area contributed by atoms with Gasteiger partial charge >= 0.3 is 0 Å². The van der Waals surface area contributed by atoms with Gasteiger partial charge < -0.3 is 9.64 Å². The van der Waals surface area contributed by atoms with Crippen LogP contribution in [-0.2, 0) is 0 Å². The summed E-state index contributed by atoms with van der Waals surface area (Å²) in [5.41, 5.74) is 4.59. The largest absolute Gasteiger partial charge is 0.494 e. The number of hydrogen-bond donors (Lipinski definition) is 1. The number of fused-ring (bicyclic) bond motifs is 1. The molecule has 0 radical (unpaired) electrons. The SMILES string of the molecule is COc1cnc(Cl)cc1-c1cc(C)ncc1C(=O)Nc1nc2ccc(N3CCCCC3)cc2s1. The van der Waals surface area contributed by atoms with Crippen molar-refractivity contribution in [1.82, 2.24) is 15.0 Å². The lowest BCUT2D eigenvalue weighted by molar-refractivity contribution is 0.102. The summed E-state index contributed by atoms with van der Waals surface area (Å²) in [5.74, 6) is 0.224. The van der Waals surface area contributed by atoms with Crippen LogP contribution in [0.15, 0.2) is 42.7 Å². The zero-order valence-corrected chi connectivity index (χ0v) is 20.5. The second kappa shape index (κ2) is 9.56. The molecule has 0 aliphatic carbocycles. The Kier molecular flexibility index (Phi) is 6.34. The minimum atomic E-state index is -0.298. The van der Waals surface area contributed by atoms with Crippen molar-refractivity contribution in [3.05, 3.63) is 59.1 Å². The molecule has 1 aliphatic rings. The van der Waals surface area contributed by atoms with Crippen LogP contribution in [-0.4, -0.2) is 41.1 Å². The first-order chi connectivity index (χ1) is 16.5. The van der Waals surface area contributed by atoms with Crippen LogP contribution < -0.4 is 15.0 Å². The molecule has 3 aromatic heterocycles. The lowest BCUT2D eigenvalue weighted by Gasteiger charge is -2.28. The second-order valence-electron chi connectivity index (χ2n) is 8.25. The van der Waals surface area contributed by atoms with E-state index in [1.807, 2.05) is 19.1 Å². The normalized spacial score (nSPS) is 13.8. The molecule has 7 nitrogen and oxygen atoms in total. The summed E-state index contributed by atoms with van der Waals surface area (Å²) in [6.07, 6.45) is 6.85. The van der Waals surface area contributed by atoms with E-state index in [9.17, 15) is 4.79 Å². The number of halogens is 1. The van der Waals surface area contributed by atoms with Crippen molar-refractivity contribution in [3.8, 4) is 16.9 Å². The zero-order valence-electron chi connectivity index (χ0n) is 19.0. The van der Waals surface area contributed by atoms with E-state index >= 15 is 0 Å². The highest BCUT2D eigenvalue weighted by Gasteiger charge is 2.20. The van der Waals surface area contributed by atoms with Gasteiger partial charge in [0.15, 0.2) is 5.13 Å². The van der Waals surface area contributed by atoms with Gasteiger partial charge in [0.25, 0.3) is 5.91 Å². The van der Waals surface area contributed by atoms with E-state index < -0.39 is 0 Å². The maximum atomic E-state index is 13.3. The van der Waals surface area contributed by atoms with Crippen LogP contribution >= 0.6 is 22.9 Å². The van der Waals surface area contributed by atoms with Gasteiger partial charge in [-0.05, 0) is 56.5 Å². The van der Waals surface area contributed by atoms with Gasteiger partial charge in [0.2, 0.25) is 0 Å². The van der Waals surface area contributed by atoms with Crippen molar-refractivity contribution in [1.29, 1.82) is 0 Å². The molecule has 4 aromatic rings. The molecule has 1 amide bonds. The van der Waals surface area contributed by atoms with Gasteiger partial charge in [-0.2, -0.15) is 0 Å². The number of rotatable bonds is 5. The van der Waals surface area contributed by atoms with Gasteiger partial charge in [0.05, 0.1) is 29.1 Å². The highest BCUT2D eigenvalue weighted by Crippen LogP contribution is 2.35. The maximum Gasteiger partial charge on any atom is 0.259 e. The molecule has 34 heavy (non-hydrogen) atoms. The molecule has 0 atom stereocenters. The van der Waals surface area contributed by atoms with Crippen LogP contribution in [0, 0.1) is 6.92 Å². The number of carbonyl (C=O) groups is 1. The molecule has 0 saturated carbocycles. The van der Waals surface area contributed by atoms with Gasteiger partial charge in [-0.25, -0.2) is 9.97 Å². The molecule has 174 valence electrons. The fourth-order valence-electron chi connectivity index (χ4n) is 4.23. The molecule has 1 aromatic carbocycles. The number of pyridine rings is 2. The summed E-state index contributed by atoms with van der Waals surface area (Å²) in [7, 11) is 1.56. The van der Waals surface area contributed by atoms with Crippen molar-refractivity contribution >= 4 is 49.9 Å². The molecular formula is C25H24ClN5O2S.